The number of hydrogen-bond acceptors (Lipinski definition) is 5. The molecule has 0 aromatic carbocycles. The topological polar surface area (TPSA) is 85.1 Å². The minimum atomic E-state index is -2.82. The molecule has 2 heterocycles. The number of pyridine rings is 1. The lowest BCUT2D eigenvalue weighted by molar-refractivity contribution is 0.559. The van der Waals surface area contributed by atoms with Crippen LogP contribution in [-0.4, -0.2) is 35.9 Å². The number of anilines is 1. The van der Waals surface area contributed by atoms with Gasteiger partial charge in [-0.25, -0.2) is 13.4 Å². The van der Waals surface area contributed by atoms with E-state index in [1.165, 1.54) is 0 Å². The van der Waals surface area contributed by atoms with E-state index in [1.54, 1.807) is 18.3 Å². The van der Waals surface area contributed by atoms with Gasteiger partial charge < -0.3 is 11.1 Å². The zero-order chi connectivity index (χ0) is 13.2. The molecule has 0 bridgehead atoms. The summed E-state index contributed by atoms with van der Waals surface area (Å²) in [5.74, 6) is 1.21. The molecule has 2 rings (SSSR count). The second-order valence-electron chi connectivity index (χ2n) is 4.37. The summed E-state index contributed by atoms with van der Waals surface area (Å²) >= 11 is 4.84. The average molecular weight is 285 g/mol. The van der Waals surface area contributed by atoms with Gasteiger partial charge in [-0.1, -0.05) is 12.2 Å². The molecule has 0 spiro atoms. The summed E-state index contributed by atoms with van der Waals surface area (Å²) in [6, 6.07) is 3.77. The van der Waals surface area contributed by atoms with Gasteiger partial charge in [0, 0.05) is 17.8 Å². The highest BCUT2D eigenvalue weighted by Crippen LogP contribution is 2.16. The van der Waals surface area contributed by atoms with Crippen LogP contribution in [0.1, 0.15) is 18.4 Å². The number of hydrogen-bond donors (Lipinski definition) is 2. The zero-order valence-electron chi connectivity index (χ0n) is 9.80. The van der Waals surface area contributed by atoms with Crippen LogP contribution in [0.15, 0.2) is 18.3 Å². The van der Waals surface area contributed by atoms with Gasteiger partial charge in [-0.3, -0.25) is 0 Å². The van der Waals surface area contributed by atoms with Crippen LogP contribution in [0.2, 0.25) is 0 Å². The monoisotopic (exact) mass is 285 g/mol. The summed E-state index contributed by atoms with van der Waals surface area (Å²) in [5.41, 5.74) is 6.21. The van der Waals surface area contributed by atoms with Gasteiger partial charge in [-0.05, 0) is 25.0 Å². The Kier molecular flexibility index (Phi) is 3.82. The van der Waals surface area contributed by atoms with Crippen LogP contribution >= 0.6 is 12.2 Å². The lowest BCUT2D eigenvalue weighted by atomic mass is 10.1. The number of sulfone groups is 1. The highest BCUT2D eigenvalue weighted by molar-refractivity contribution is 7.91. The quantitative estimate of drug-likeness (QED) is 0.795. The molecule has 0 atom stereocenters. The molecule has 0 aliphatic carbocycles. The molecule has 0 radical (unpaired) electrons. The van der Waals surface area contributed by atoms with Gasteiger partial charge in [0.25, 0.3) is 0 Å². The first-order valence-electron chi connectivity index (χ1n) is 5.69. The third kappa shape index (κ3) is 3.39. The normalized spacial score (nSPS) is 19.3. The Bertz CT molecular complexity index is 526. The van der Waals surface area contributed by atoms with E-state index in [2.05, 4.69) is 10.3 Å². The van der Waals surface area contributed by atoms with Gasteiger partial charge >= 0.3 is 0 Å². The van der Waals surface area contributed by atoms with E-state index < -0.39 is 9.84 Å². The summed E-state index contributed by atoms with van der Waals surface area (Å²) < 4.78 is 22.6. The highest BCUT2D eigenvalue weighted by Gasteiger charge is 2.23. The SMILES string of the molecule is NC(=S)c1ccc(NC2CCS(=O)(=O)CC2)nc1. The lowest BCUT2D eigenvalue weighted by Crippen LogP contribution is -2.32. The number of aromatic nitrogens is 1. The van der Waals surface area contributed by atoms with E-state index in [0.717, 1.165) is 11.4 Å². The van der Waals surface area contributed by atoms with Crippen molar-refractivity contribution in [3.63, 3.8) is 0 Å². The van der Waals surface area contributed by atoms with Crippen molar-refractivity contribution in [2.24, 2.45) is 5.73 Å². The van der Waals surface area contributed by atoms with E-state index in [9.17, 15) is 8.42 Å². The molecule has 5 nitrogen and oxygen atoms in total. The molecule has 98 valence electrons. The number of nitrogens with one attached hydrogen (secondary N) is 1. The molecule has 1 aliphatic heterocycles. The second kappa shape index (κ2) is 5.19. The maximum absolute atomic E-state index is 11.3. The number of nitrogens with two attached hydrogens (primary N) is 1. The Balaban J connectivity index is 1.96. The summed E-state index contributed by atoms with van der Waals surface area (Å²) in [7, 11) is -2.82. The summed E-state index contributed by atoms with van der Waals surface area (Å²) in [5, 5.41) is 3.23. The predicted octanol–water partition coefficient (Wildman–Crippen LogP) is 0.705. The number of thiocarbonyl (C=S) groups is 1. The Labute approximate surface area is 112 Å². The zero-order valence-corrected chi connectivity index (χ0v) is 11.4. The smallest absolute Gasteiger partial charge is 0.150 e. The van der Waals surface area contributed by atoms with E-state index in [0.29, 0.717) is 17.8 Å². The minimum Gasteiger partial charge on any atom is -0.389 e. The molecular formula is C11H15N3O2S2. The van der Waals surface area contributed by atoms with Crippen molar-refractivity contribution in [1.29, 1.82) is 0 Å². The summed E-state index contributed by atoms with van der Waals surface area (Å²) in [6.45, 7) is 0. The average Bonchev–Trinajstić information content (AvgIpc) is 2.33. The van der Waals surface area contributed by atoms with Gasteiger partial charge in [-0.2, -0.15) is 0 Å². The van der Waals surface area contributed by atoms with Crippen molar-refractivity contribution in [3.05, 3.63) is 23.9 Å². The van der Waals surface area contributed by atoms with Gasteiger partial charge in [-0.15, -0.1) is 0 Å². The molecule has 1 fully saturated rings. The number of rotatable bonds is 3. The molecular weight excluding hydrogens is 270 g/mol. The van der Waals surface area contributed by atoms with Crippen molar-refractivity contribution in [1.82, 2.24) is 4.98 Å². The Morgan fingerprint density at radius 1 is 1.39 bits per heavy atom. The van der Waals surface area contributed by atoms with Gasteiger partial charge in [0.2, 0.25) is 0 Å². The van der Waals surface area contributed by atoms with E-state index in [4.69, 9.17) is 18.0 Å². The molecule has 1 aromatic rings. The van der Waals surface area contributed by atoms with Gasteiger partial charge in [0.1, 0.15) is 20.6 Å². The molecule has 3 N–H and O–H groups in total. The molecule has 18 heavy (non-hydrogen) atoms. The fourth-order valence-electron chi connectivity index (χ4n) is 1.87. The van der Waals surface area contributed by atoms with Gasteiger partial charge in [0.05, 0.1) is 11.5 Å². The van der Waals surface area contributed by atoms with Crippen LogP contribution in [-0.2, 0) is 9.84 Å². The van der Waals surface area contributed by atoms with E-state index >= 15 is 0 Å². The van der Waals surface area contributed by atoms with Crippen molar-refractivity contribution < 1.29 is 8.42 Å². The van der Waals surface area contributed by atoms with Crippen molar-refractivity contribution in [2.45, 2.75) is 18.9 Å². The van der Waals surface area contributed by atoms with Crippen LogP contribution in [0, 0.1) is 0 Å². The first kappa shape index (κ1) is 13.2. The molecule has 1 aromatic heterocycles. The second-order valence-corrected chi connectivity index (χ2v) is 7.11. The first-order valence-corrected chi connectivity index (χ1v) is 7.92. The molecule has 0 amide bonds. The van der Waals surface area contributed by atoms with Crippen LogP contribution in [0.3, 0.4) is 0 Å². The Morgan fingerprint density at radius 3 is 2.56 bits per heavy atom. The Hall–Kier alpha value is -1.21. The van der Waals surface area contributed by atoms with E-state index in [1.807, 2.05) is 0 Å². The van der Waals surface area contributed by atoms with E-state index in [-0.39, 0.29) is 17.5 Å². The predicted molar refractivity (Wildman–Crippen MR) is 75.4 cm³/mol. The molecule has 0 unspecified atom stereocenters. The first-order chi connectivity index (χ1) is 8.46. The van der Waals surface area contributed by atoms with Crippen LogP contribution < -0.4 is 11.1 Å². The maximum Gasteiger partial charge on any atom is 0.150 e. The van der Waals surface area contributed by atoms with Crippen molar-refractivity contribution in [3.8, 4) is 0 Å². The van der Waals surface area contributed by atoms with Crippen molar-refractivity contribution >= 4 is 32.9 Å². The minimum absolute atomic E-state index is 0.164. The largest absolute Gasteiger partial charge is 0.389 e. The third-order valence-electron chi connectivity index (χ3n) is 2.95. The standard InChI is InChI=1S/C11H15N3O2S2/c12-11(17)8-1-2-10(13-7-8)14-9-3-5-18(15,16)6-4-9/h1-2,7,9H,3-6H2,(H2,12,17)(H,13,14). The molecule has 7 heteroatoms. The maximum atomic E-state index is 11.3. The summed E-state index contributed by atoms with van der Waals surface area (Å²) in [6.07, 6.45) is 2.87. The number of nitrogens with zero attached hydrogens (tertiary/aromatic N) is 1. The molecule has 1 aliphatic rings. The van der Waals surface area contributed by atoms with Crippen LogP contribution in [0.4, 0.5) is 5.82 Å². The molecule has 0 saturated carbocycles. The van der Waals surface area contributed by atoms with Crippen LogP contribution in [0.25, 0.3) is 0 Å². The summed E-state index contributed by atoms with van der Waals surface area (Å²) in [4.78, 5) is 4.52. The fourth-order valence-corrected chi connectivity index (χ4v) is 3.48. The van der Waals surface area contributed by atoms with Crippen molar-refractivity contribution in [2.75, 3.05) is 16.8 Å². The van der Waals surface area contributed by atoms with Crippen LogP contribution in [0.5, 0.6) is 0 Å². The molecule has 1 saturated heterocycles. The lowest BCUT2D eigenvalue weighted by Gasteiger charge is -2.23. The third-order valence-corrected chi connectivity index (χ3v) is 4.91. The fraction of sp³-hybridized carbons (Fsp3) is 0.455. The van der Waals surface area contributed by atoms with Gasteiger partial charge in [0.15, 0.2) is 0 Å². The Morgan fingerprint density at radius 2 is 2.06 bits per heavy atom. The highest BCUT2D eigenvalue weighted by atomic mass is 32.2.